The van der Waals surface area contributed by atoms with Crippen molar-refractivity contribution in [3.63, 3.8) is 0 Å². The Labute approximate surface area is 117 Å². The number of carbonyl (C=O) groups excluding carboxylic acids is 1. The Morgan fingerprint density at radius 1 is 1.53 bits per heavy atom. The van der Waals surface area contributed by atoms with Crippen LogP contribution >= 0.6 is 31.9 Å². The highest BCUT2D eigenvalue weighted by Gasteiger charge is 2.14. The van der Waals surface area contributed by atoms with Crippen molar-refractivity contribution in [3.8, 4) is 6.07 Å². The molecule has 0 saturated heterocycles. The zero-order chi connectivity index (χ0) is 12.8. The summed E-state index contributed by atoms with van der Waals surface area (Å²) in [6, 6.07) is 7.00. The Kier molecular flexibility index (Phi) is 5.66. The first-order chi connectivity index (χ1) is 8.08. The van der Waals surface area contributed by atoms with Gasteiger partial charge in [-0.25, -0.2) is 0 Å². The Bertz CT molecular complexity index is 454. The summed E-state index contributed by atoms with van der Waals surface area (Å²) in [4.78, 5) is 11.9. The number of carbonyl (C=O) groups is 1. The fraction of sp³-hybridized carbons (Fsp3) is 0.333. The monoisotopic (exact) mass is 358 g/mol. The van der Waals surface area contributed by atoms with E-state index < -0.39 is 6.04 Å². The normalized spacial score (nSPS) is 11.6. The van der Waals surface area contributed by atoms with Crippen molar-refractivity contribution in [3.05, 3.63) is 32.7 Å². The van der Waals surface area contributed by atoms with Gasteiger partial charge in [-0.3, -0.25) is 4.79 Å². The molecule has 0 radical (unpaired) electrons. The number of hydrogen-bond donors (Lipinski definition) is 1. The molecular formula is C12H12Br2N2O. The van der Waals surface area contributed by atoms with E-state index in [0.29, 0.717) is 16.5 Å². The SMILES string of the molecule is CCCC(C#N)NC(=O)c1cc(Br)ccc1Br. The van der Waals surface area contributed by atoms with Crippen molar-refractivity contribution in [2.75, 3.05) is 0 Å². The molecule has 1 amide bonds. The van der Waals surface area contributed by atoms with Crippen LogP contribution in [0.1, 0.15) is 30.1 Å². The molecule has 1 unspecified atom stereocenters. The zero-order valence-corrected chi connectivity index (χ0v) is 12.5. The van der Waals surface area contributed by atoms with Crippen LogP contribution < -0.4 is 5.32 Å². The van der Waals surface area contributed by atoms with E-state index >= 15 is 0 Å². The molecule has 17 heavy (non-hydrogen) atoms. The van der Waals surface area contributed by atoms with E-state index in [4.69, 9.17) is 5.26 Å². The minimum Gasteiger partial charge on any atom is -0.336 e. The van der Waals surface area contributed by atoms with Crippen LogP contribution in [-0.4, -0.2) is 11.9 Å². The van der Waals surface area contributed by atoms with Crippen LogP contribution in [0.15, 0.2) is 27.1 Å². The third-order valence-corrected chi connectivity index (χ3v) is 3.40. The molecule has 1 atom stereocenters. The van der Waals surface area contributed by atoms with Crippen LogP contribution in [0, 0.1) is 11.3 Å². The molecule has 0 saturated carbocycles. The first kappa shape index (κ1) is 14.2. The molecule has 1 rings (SSSR count). The molecule has 0 fully saturated rings. The molecule has 3 nitrogen and oxygen atoms in total. The summed E-state index contributed by atoms with van der Waals surface area (Å²) < 4.78 is 1.54. The molecule has 1 aromatic carbocycles. The second-order valence-electron chi connectivity index (χ2n) is 3.57. The third kappa shape index (κ3) is 4.14. The lowest BCUT2D eigenvalue weighted by Gasteiger charge is -2.11. The Morgan fingerprint density at radius 3 is 2.82 bits per heavy atom. The topological polar surface area (TPSA) is 52.9 Å². The van der Waals surface area contributed by atoms with Crippen molar-refractivity contribution in [2.24, 2.45) is 0 Å². The fourth-order valence-corrected chi connectivity index (χ4v) is 2.15. The van der Waals surface area contributed by atoms with Crippen molar-refractivity contribution in [2.45, 2.75) is 25.8 Å². The number of nitrogens with one attached hydrogen (secondary N) is 1. The van der Waals surface area contributed by atoms with E-state index in [1.165, 1.54) is 0 Å². The second kappa shape index (κ2) is 6.77. The molecule has 5 heteroatoms. The van der Waals surface area contributed by atoms with Crippen LogP contribution in [0.5, 0.6) is 0 Å². The lowest BCUT2D eigenvalue weighted by Crippen LogP contribution is -2.33. The standard InChI is InChI=1S/C12H12Br2N2O/c1-2-3-9(7-15)16-12(17)10-6-8(13)4-5-11(10)14/h4-6,9H,2-3H2,1H3,(H,16,17). The molecule has 0 aromatic heterocycles. The predicted molar refractivity (Wildman–Crippen MR) is 73.6 cm³/mol. The first-order valence-electron chi connectivity index (χ1n) is 5.24. The van der Waals surface area contributed by atoms with Gasteiger partial charge in [0, 0.05) is 8.95 Å². The smallest absolute Gasteiger partial charge is 0.253 e. The molecule has 0 spiro atoms. The van der Waals surface area contributed by atoms with E-state index in [-0.39, 0.29) is 5.91 Å². The van der Waals surface area contributed by atoms with Gasteiger partial charge in [-0.05, 0) is 40.5 Å². The number of hydrogen-bond acceptors (Lipinski definition) is 2. The van der Waals surface area contributed by atoms with Gasteiger partial charge in [0.2, 0.25) is 0 Å². The van der Waals surface area contributed by atoms with Crippen molar-refractivity contribution < 1.29 is 4.79 Å². The number of nitriles is 1. The fourth-order valence-electron chi connectivity index (χ4n) is 1.37. The third-order valence-electron chi connectivity index (χ3n) is 2.21. The lowest BCUT2D eigenvalue weighted by atomic mass is 10.1. The Balaban J connectivity index is 2.83. The van der Waals surface area contributed by atoms with E-state index in [1.54, 1.807) is 12.1 Å². The molecule has 0 heterocycles. The highest BCUT2D eigenvalue weighted by molar-refractivity contribution is 9.11. The van der Waals surface area contributed by atoms with Gasteiger partial charge in [0.25, 0.3) is 5.91 Å². The summed E-state index contributed by atoms with van der Waals surface area (Å²) >= 11 is 6.63. The van der Waals surface area contributed by atoms with Crippen LogP contribution in [0.2, 0.25) is 0 Å². The van der Waals surface area contributed by atoms with E-state index in [9.17, 15) is 4.79 Å². The molecule has 0 aliphatic heterocycles. The summed E-state index contributed by atoms with van der Waals surface area (Å²) in [5, 5.41) is 11.6. The van der Waals surface area contributed by atoms with Crippen molar-refractivity contribution in [1.82, 2.24) is 5.32 Å². The van der Waals surface area contributed by atoms with Gasteiger partial charge >= 0.3 is 0 Å². The Morgan fingerprint density at radius 2 is 2.24 bits per heavy atom. The van der Waals surface area contributed by atoms with Crippen LogP contribution in [0.3, 0.4) is 0 Å². The van der Waals surface area contributed by atoms with Crippen LogP contribution in [-0.2, 0) is 0 Å². The van der Waals surface area contributed by atoms with E-state index in [2.05, 4.69) is 43.2 Å². The molecule has 1 N–H and O–H groups in total. The average Bonchev–Trinajstić information content (AvgIpc) is 2.31. The second-order valence-corrected chi connectivity index (χ2v) is 5.34. The molecular weight excluding hydrogens is 348 g/mol. The lowest BCUT2D eigenvalue weighted by molar-refractivity contribution is 0.0943. The molecule has 0 aliphatic rings. The average molecular weight is 360 g/mol. The number of rotatable bonds is 4. The van der Waals surface area contributed by atoms with Gasteiger partial charge in [0.15, 0.2) is 0 Å². The maximum Gasteiger partial charge on any atom is 0.253 e. The van der Waals surface area contributed by atoms with Crippen molar-refractivity contribution >= 4 is 37.8 Å². The summed E-state index contributed by atoms with van der Waals surface area (Å²) in [5.41, 5.74) is 0.524. The van der Waals surface area contributed by atoms with Gasteiger partial charge < -0.3 is 5.32 Å². The number of nitrogens with zero attached hydrogens (tertiary/aromatic N) is 1. The number of amides is 1. The summed E-state index contributed by atoms with van der Waals surface area (Å²) in [5.74, 6) is -0.238. The number of halogens is 2. The van der Waals surface area contributed by atoms with E-state index in [1.807, 2.05) is 13.0 Å². The quantitative estimate of drug-likeness (QED) is 0.892. The minimum absolute atomic E-state index is 0.238. The van der Waals surface area contributed by atoms with Gasteiger partial charge in [-0.2, -0.15) is 5.26 Å². The highest BCUT2D eigenvalue weighted by atomic mass is 79.9. The minimum atomic E-state index is -0.432. The van der Waals surface area contributed by atoms with E-state index in [0.717, 1.165) is 10.9 Å². The Hall–Kier alpha value is -0.860. The molecule has 0 bridgehead atoms. The van der Waals surface area contributed by atoms with Gasteiger partial charge in [-0.1, -0.05) is 29.3 Å². The molecule has 1 aromatic rings. The molecule has 90 valence electrons. The predicted octanol–water partition coefficient (Wildman–Crippen LogP) is 3.63. The summed E-state index contributed by atoms with van der Waals surface area (Å²) in [7, 11) is 0. The van der Waals surface area contributed by atoms with Crippen LogP contribution in [0.25, 0.3) is 0 Å². The zero-order valence-electron chi connectivity index (χ0n) is 9.34. The summed E-state index contributed by atoms with van der Waals surface area (Å²) in [6.07, 6.45) is 1.52. The van der Waals surface area contributed by atoms with Gasteiger partial charge in [0.05, 0.1) is 11.6 Å². The maximum atomic E-state index is 11.9. The molecule has 0 aliphatic carbocycles. The van der Waals surface area contributed by atoms with Gasteiger partial charge in [-0.15, -0.1) is 0 Å². The summed E-state index contributed by atoms with van der Waals surface area (Å²) in [6.45, 7) is 1.98. The van der Waals surface area contributed by atoms with Crippen molar-refractivity contribution in [1.29, 1.82) is 5.26 Å². The van der Waals surface area contributed by atoms with Gasteiger partial charge in [0.1, 0.15) is 6.04 Å². The first-order valence-corrected chi connectivity index (χ1v) is 6.82. The van der Waals surface area contributed by atoms with Crippen LogP contribution in [0.4, 0.5) is 0 Å². The number of benzene rings is 1. The largest absolute Gasteiger partial charge is 0.336 e. The highest BCUT2D eigenvalue weighted by Crippen LogP contribution is 2.21. The maximum absolute atomic E-state index is 11.9.